The number of halogens is 1. The Balaban J connectivity index is 0.00000338. The van der Waals surface area contributed by atoms with E-state index in [4.69, 9.17) is 15.2 Å². The van der Waals surface area contributed by atoms with Crippen LogP contribution in [0.1, 0.15) is 22.8 Å². The number of hydrogen-bond donors (Lipinski definition) is 1. The summed E-state index contributed by atoms with van der Waals surface area (Å²) in [6.45, 7) is 4.01. The maximum atomic E-state index is 12.9. The minimum Gasteiger partial charge on any atom is -0.493 e. The summed E-state index contributed by atoms with van der Waals surface area (Å²) in [5, 5.41) is 0. The molecule has 0 bridgehead atoms. The second kappa shape index (κ2) is 11.4. The van der Waals surface area contributed by atoms with Gasteiger partial charge in [0.25, 0.3) is 5.91 Å². The first-order chi connectivity index (χ1) is 12.2. The van der Waals surface area contributed by atoms with Gasteiger partial charge in [-0.05, 0) is 37.1 Å². The van der Waals surface area contributed by atoms with E-state index >= 15 is 0 Å². The lowest BCUT2D eigenvalue weighted by atomic mass is 10.1. The van der Waals surface area contributed by atoms with E-state index in [2.05, 4.69) is 12.1 Å². The predicted octanol–water partition coefficient (Wildman–Crippen LogP) is 3.16. The van der Waals surface area contributed by atoms with Crippen LogP contribution in [0.15, 0.2) is 48.5 Å². The molecule has 0 unspecified atom stereocenters. The highest BCUT2D eigenvalue weighted by Gasteiger charge is 2.17. The predicted molar refractivity (Wildman–Crippen MR) is 107 cm³/mol. The van der Waals surface area contributed by atoms with Gasteiger partial charge in [0.15, 0.2) is 11.5 Å². The monoisotopic (exact) mass is 378 g/mol. The van der Waals surface area contributed by atoms with Gasteiger partial charge < -0.3 is 20.1 Å². The molecule has 142 valence electrons. The van der Waals surface area contributed by atoms with Crippen LogP contribution in [0.3, 0.4) is 0 Å². The number of nitrogens with two attached hydrogens (primary N) is 1. The van der Waals surface area contributed by atoms with Gasteiger partial charge in [0.05, 0.1) is 13.7 Å². The van der Waals surface area contributed by atoms with Crippen molar-refractivity contribution in [1.29, 1.82) is 0 Å². The van der Waals surface area contributed by atoms with E-state index in [0.29, 0.717) is 43.3 Å². The van der Waals surface area contributed by atoms with Gasteiger partial charge in [-0.15, -0.1) is 12.4 Å². The van der Waals surface area contributed by atoms with Gasteiger partial charge in [0.1, 0.15) is 0 Å². The third-order valence-electron chi connectivity index (χ3n) is 3.91. The van der Waals surface area contributed by atoms with Gasteiger partial charge in [-0.2, -0.15) is 0 Å². The van der Waals surface area contributed by atoms with E-state index in [1.807, 2.05) is 25.1 Å². The maximum Gasteiger partial charge on any atom is 0.254 e. The number of methoxy groups -OCH3 is 1. The molecule has 0 aromatic heterocycles. The molecule has 0 atom stereocenters. The fourth-order valence-corrected chi connectivity index (χ4v) is 2.64. The van der Waals surface area contributed by atoms with E-state index < -0.39 is 0 Å². The normalized spacial score (nSPS) is 9.96. The molecule has 0 aliphatic rings. The van der Waals surface area contributed by atoms with Crippen LogP contribution in [-0.2, 0) is 6.42 Å². The molecule has 1 amide bonds. The first-order valence-corrected chi connectivity index (χ1v) is 8.53. The van der Waals surface area contributed by atoms with Crippen molar-refractivity contribution < 1.29 is 14.3 Å². The van der Waals surface area contributed by atoms with Crippen LogP contribution in [0.5, 0.6) is 11.5 Å². The van der Waals surface area contributed by atoms with Crippen LogP contribution in [0.25, 0.3) is 0 Å². The Morgan fingerprint density at radius 3 is 2.42 bits per heavy atom. The summed E-state index contributed by atoms with van der Waals surface area (Å²) in [6, 6.07) is 15.4. The Kier molecular flexibility index (Phi) is 9.55. The third-order valence-corrected chi connectivity index (χ3v) is 3.91. The number of ether oxygens (including phenoxy) is 2. The maximum absolute atomic E-state index is 12.9. The molecular weight excluding hydrogens is 352 g/mol. The topological polar surface area (TPSA) is 64.8 Å². The molecule has 26 heavy (non-hydrogen) atoms. The SMILES string of the molecule is CCOc1ccc(C(=O)N(CCN)CCc2ccccc2)cc1OC.Cl. The van der Waals surface area contributed by atoms with E-state index in [9.17, 15) is 4.79 Å². The van der Waals surface area contributed by atoms with Crippen LogP contribution >= 0.6 is 12.4 Å². The average Bonchev–Trinajstić information content (AvgIpc) is 2.66. The third kappa shape index (κ3) is 5.93. The molecule has 6 heteroatoms. The van der Waals surface area contributed by atoms with E-state index in [1.54, 1.807) is 30.2 Å². The Morgan fingerprint density at radius 2 is 1.81 bits per heavy atom. The molecule has 2 aromatic carbocycles. The number of carbonyl (C=O) groups excluding carboxylic acids is 1. The molecule has 0 aliphatic carbocycles. The quantitative estimate of drug-likeness (QED) is 0.728. The van der Waals surface area contributed by atoms with Gasteiger partial charge in [-0.1, -0.05) is 30.3 Å². The zero-order chi connectivity index (χ0) is 18.1. The number of rotatable bonds is 9. The zero-order valence-electron chi connectivity index (χ0n) is 15.3. The number of carbonyl (C=O) groups is 1. The molecule has 0 spiro atoms. The van der Waals surface area contributed by atoms with Gasteiger partial charge in [0, 0.05) is 25.2 Å². The van der Waals surface area contributed by atoms with Crippen LogP contribution in [0.2, 0.25) is 0 Å². The summed E-state index contributed by atoms with van der Waals surface area (Å²) < 4.78 is 10.8. The second-order valence-corrected chi connectivity index (χ2v) is 5.62. The highest BCUT2D eigenvalue weighted by Crippen LogP contribution is 2.28. The number of nitrogens with zero attached hydrogens (tertiary/aromatic N) is 1. The summed E-state index contributed by atoms with van der Waals surface area (Å²) in [5.74, 6) is 1.14. The molecule has 0 heterocycles. The van der Waals surface area contributed by atoms with Gasteiger partial charge in [-0.25, -0.2) is 0 Å². The molecule has 0 aliphatic heterocycles. The molecule has 5 nitrogen and oxygen atoms in total. The van der Waals surface area contributed by atoms with Crippen LogP contribution in [0, 0.1) is 0 Å². The Morgan fingerprint density at radius 1 is 1.08 bits per heavy atom. The van der Waals surface area contributed by atoms with Crippen molar-refractivity contribution in [3.8, 4) is 11.5 Å². The van der Waals surface area contributed by atoms with E-state index in [0.717, 1.165) is 6.42 Å². The Labute approximate surface area is 161 Å². The largest absolute Gasteiger partial charge is 0.493 e. The first-order valence-electron chi connectivity index (χ1n) is 8.53. The smallest absolute Gasteiger partial charge is 0.254 e. The van der Waals surface area contributed by atoms with Crippen molar-refractivity contribution in [3.63, 3.8) is 0 Å². The van der Waals surface area contributed by atoms with Crippen molar-refractivity contribution in [2.45, 2.75) is 13.3 Å². The standard InChI is InChI=1S/C20H26N2O3.ClH/c1-3-25-18-10-9-17(15-19(18)24-2)20(23)22(14-12-21)13-11-16-7-5-4-6-8-16;/h4-10,15H,3,11-14,21H2,1-2H3;1H. The summed E-state index contributed by atoms with van der Waals surface area (Å²) in [5.41, 5.74) is 7.46. The summed E-state index contributed by atoms with van der Waals surface area (Å²) in [7, 11) is 1.57. The van der Waals surface area contributed by atoms with Crippen molar-refractivity contribution in [2.75, 3.05) is 33.4 Å². The number of benzene rings is 2. The summed E-state index contributed by atoms with van der Waals surface area (Å²) in [6.07, 6.45) is 0.792. The summed E-state index contributed by atoms with van der Waals surface area (Å²) in [4.78, 5) is 14.6. The fourth-order valence-electron chi connectivity index (χ4n) is 2.64. The van der Waals surface area contributed by atoms with Crippen molar-refractivity contribution >= 4 is 18.3 Å². The average molecular weight is 379 g/mol. The first kappa shape index (κ1) is 21.8. The molecule has 2 rings (SSSR count). The van der Waals surface area contributed by atoms with Crippen molar-refractivity contribution in [2.24, 2.45) is 5.73 Å². The van der Waals surface area contributed by atoms with Gasteiger partial charge >= 0.3 is 0 Å². The molecule has 0 radical (unpaired) electrons. The Hall–Kier alpha value is -2.24. The number of hydrogen-bond acceptors (Lipinski definition) is 4. The molecule has 0 fully saturated rings. The van der Waals surface area contributed by atoms with E-state index in [-0.39, 0.29) is 18.3 Å². The molecule has 2 aromatic rings. The highest BCUT2D eigenvalue weighted by atomic mass is 35.5. The van der Waals surface area contributed by atoms with Crippen LogP contribution in [-0.4, -0.2) is 44.2 Å². The minimum absolute atomic E-state index is 0. The molecule has 2 N–H and O–H groups in total. The molecule has 0 saturated carbocycles. The second-order valence-electron chi connectivity index (χ2n) is 5.62. The molecular formula is C20H27ClN2O3. The minimum atomic E-state index is -0.0530. The fraction of sp³-hybridized carbons (Fsp3) is 0.350. The van der Waals surface area contributed by atoms with Crippen LogP contribution < -0.4 is 15.2 Å². The highest BCUT2D eigenvalue weighted by molar-refractivity contribution is 5.95. The Bertz CT molecular complexity index is 680. The molecule has 0 saturated heterocycles. The van der Waals surface area contributed by atoms with E-state index in [1.165, 1.54) is 5.56 Å². The zero-order valence-corrected chi connectivity index (χ0v) is 16.1. The lowest BCUT2D eigenvalue weighted by Crippen LogP contribution is -2.37. The lowest BCUT2D eigenvalue weighted by molar-refractivity contribution is 0.0761. The lowest BCUT2D eigenvalue weighted by Gasteiger charge is -2.22. The van der Waals surface area contributed by atoms with Gasteiger partial charge in [-0.3, -0.25) is 4.79 Å². The number of amides is 1. The summed E-state index contributed by atoms with van der Waals surface area (Å²) >= 11 is 0. The van der Waals surface area contributed by atoms with Crippen molar-refractivity contribution in [1.82, 2.24) is 4.90 Å². The van der Waals surface area contributed by atoms with Gasteiger partial charge in [0.2, 0.25) is 0 Å². The van der Waals surface area contributed by atoms with Crippen LogP contribution in [0.4, 0.5) is 0 Å². The van der Waals surface area contributed by atoms with Crippen molar-refractivity contribution in [3.05, 3.63) is 59.7 Å².